The first-order valence-electron chi connectivity index (χ1n) is 4.99. The van der Waals surface area contributed by atoms with Gasteiger partial charge in [0.25, 0.3) is 0 Å². The molecule has 0 saturated heterocycles. The molecule has 0 aliphatic heterocycles. The topological polar surface area (TPSA) is 73.1 Å². The average Bonchev–Trinajstić information content (AvgIpc) is 2.15. The maximum atomic E-state index is 5.54. The molecular weight excluding hydrogens is 192 g/mol. The Morgan fingerprint density at radius 2 is 2.20 bits per heavy atom. The van der Waals surface area contributed by atoms with Crippen LogP contribution in [0.15, 0.2) is 12.4 Å². The van der Waals surface area contributed by atoms with Gasteiger partial charge in [-0.15, -0.1) is 0 Å². The van der Waals surface area contributed by atoms with E-state index in [0.29, 0.717) is 19.0 Å². The lowest BCUT2D eigenvalue weighted by Gasteiger charge is -2.25. The number of nitrogens with one attached hydrogen (secondary N) is 1. The van der Waals surface area contributed by atoms with Crippen LogP contribution in [0.25, 0.3) is 0 Å². The van der Waals surface area contributed by atoms with E-state index in [1.807, 2.05) is 20.8 Å². The number of nitrogens with two attached hydrogens (primary N) is 1. The van der Waals surface area contributed by atoms with Gasteiger partial charge in [0.15, 0.2) is 0 Å². The van der Waals surface area contributed by atoms with Crippen LogP contribution in [0, 0.1) is 0 Å². The number of hydrogen-bond donors (Lipinski definition) is 2. The summed E-state index contributed by atoms with van der Waals surface area (Å²) < 4.78 is 5.54. The zero-order valence-corrected chi connectivity index (χ0v) is 9.45. The number of rotatable bonds is 5. The summed E-state index contributed by atoms with van der Waals surface area (Å²) in [6.07, 6.45) is 1.44. The molecule has 0 amide bonds. The van der Waals surface area contributed by atoms with Crippen LogP contribution in [0.4, 0.5) is 11.6 Å². The van der Waals surface area contributed by atoms with Gasteiger partial charge >= 0.3 is 0 Å². The fourth-order valence-electron chi connectivity index (χ4n) is 1.21. The molecule has 0 saturated carbocycles. The maximum Gasteiger partial charge on any atom is 0.131 e. The first-order valence-corrected chi connectivity index (χ1v) is 4.99. The van der Waals surface area contributed by atoms with Crippen LogP contribution in [0.5, 0.6) is 0 Å². The van der Waals surface area contributed by atoms with E-state index >= 15 is 0 Å². The smallest absolute Gasteiger partial charge is 0.131 e. The number of ether oxygens (including phenoxy) is 1. The van der Waals surface area contributed by atoms with E-state index in [2.05, 4.69) is 15.3 Å². The Kier molecular flexibility index (Phi) is 3.85. The standard InChI is InChI=1S/C10H18N4O/c1-4-15-10(2,3)6-12-9-5-8(11)13-7-14-9/h5,7H,4,6H2,1-3H3,(H3,11,12,13,14). The minimum Gasteiger partial charge on any atom is -0.384 e. The Morgan fingerprint density at radius 3 is 2.80 bits per heavy atom. The van der Waals surface area contributed by atoms with Gasteiger partial charge in [0.1, 0.15) is 18.0 Å². The van der Waals surface area contributed by atoms with Crippen LogP contribution in [0.3, 0.4) is 0 Å². The third-order valence-corrected chi connectivity index (χ3v) is 1.92. The van der Waals surface area contributed by atoms with Gasteiger partial charge in [0, 0.05) is 19.2 Å². The van der Waals surface area contributed by atoms with E-state index in [4.69, 9.17) is 10.5 Å². The third kappa shape index (κ3) is 4.12. The molecule has 0 atom stereocenters. The highest BCUT2D eigenvalue weighted by Crippen LogP contribution is 2.11. The molecule has 0 spiro atoms. The van der Waals surface area contributed by atoms with Crippen LogP contribution in [-0.4, -0.2) is 28.7 Å². The summed E-state index contributed by atoms with van der Waals surface area (Å²) >= 11 is 0. The quantitative estimate of drug-likeness (QED) is 0.766. The summed E-state index contributed by atoms with van der Waals surface area (Å²) in [6.45, 7) is 7.39. The summed E-state index contributed by atoms with van der Waals surface area (Å²) in [5.41, 5.74) is 5.32. The van der Waals surface area contributed by atoms with Gasteiger partial charge in [-0.1, -0.05) is 0 Å². The Morgan fingerprint density at radius 1 is 1.47 bits per heavy atom. The van der Waals surface area contributed by atoms with Crippen molar-refractivity contribution in [2.45, 2.75) is 26.4 Å². The van der Waals surface area contributed by atoms with Crippen molar-refractivity contribution >= 4 is 11.6 Å². The van der Waals surface area contributed by atoms with Crippen molar-refractivity contribution in [1.82, 2.24) is 9.97 Å². The molecule has 0 unspecified atom stereocenters. The van der Waals surface area contributed by atoms with E-state index in [1.54, 1.807) is 6.07 Å². The van der Waals surface area contributed by atoms with Crippen LogP contribution < -0.4 is 11.1 Å². The van der Waals surface area contributed by atoms with Crippen molar-refractivity contribution in [2.75, 3.05) is 24.2 Å². The molecule has 15 heavy (non-hydrogen) atoms. The lowest BCUT2D eigenvalue weighted by atomic mass is 10.1. The normalized spacial score (nSPS) is 11.4. The molecule has 0 fully saturated rings. The molecule has 0 aliphatic rings. The molecule has 1 aromatic rings. The largest absolute Gasteiger partial charge is 0.384 e. The molecule has 5 heteroatoms. The van der Waals surface area contributed by atoms with Gasteiger partial charge in [-0.3, -0.25) is 0 Å². The highest BCUT2D eigenvalue weighted by Gasteiger charge is 2.17. The predicted octanol–water partition coefficient (Wildman–Crippen LogP) is 1.29. The van der Waals surface area contributed by atoms with Gasteiger partial charge in [0.2, 0.25) is 0 Å². The molecule has 0 aromatic carbocycles. The fourth-order valence-corrected chi connectivity index (χ4v) is 1.21. The highest BCUT2D eigenvalue weighted by atomic mass is 16.5. The second kappa shape index (κ2) is 4.93. The van der Waals surface area contributed by atoms with Gasteiger partial charge in [0.05, 0.1) is 5.60 Å². The van der Waals surface area contributed by atoms with E-state index in [0.717, 1.165) is 5.82 Å². The molecule has 1 aromatic heterocycles. The molecule has 0 bridgehead atoms. The molecule has 1 rings (SSSR count). The summed E-state index contributed by atoms with van der Waals surface area (Å²) in [6, 6.07) is 1.70. The van der Waals surface area contributed by atoms with Crippen LogP contribution in [-0.2, 0) is 4.74 Å². The molecule has 5 nitrogen and oxygen atoms in total. The molecule has 0 aliphatic carbocycles. The van der Waals surface area contributed by atoms with Crippen molar-refractivity contribution in [2.24, 2.45) is 0 Å². The Hall–Kier alpha value is -1.36. The minimum absolute atomic E-state index is 0.214. The summed E-state index contributed by atoms with van der Waals surface area (Å²) in [5.74, 6) is 1.18. The van der Waals surface area contributed by atoms with E-state index < -0.39 is 0 Å². The van der Waals surface area contributed by atoms with Gasteiger partial charge in [-0.2, -0.15) is 0 Å². The fraction of sp³-hybridized carbons (Fsp3) is 0.600. The second-order valence-corrected chi connectivity index (χ2v) is 3.87. The van der Waals surface area contributed by atoms with Crippen molar-refractivity contribution in [1.29, 1.82) is 0 Å². The minimum atomic E-state index is -0.214. The maximum absolute atomic E-state index is 5.54. The third-order valence-electron chi connectivity index (χ3n) is 1.92. The van der Waals surface area contributed by atoms with Crippen molar-refractivity contribution < 1.29 is 4.74 Å². The molecule has 84 valence electrons. The van der Waals surface area contributed by atoms with Crippen LogP contribution in [0.2, 0.25) is 0 Å². The SMILES string of the molecule is CCOC(C)(C)CNc1cc(N)ncn1. The van der Waals surface area contributed by atoms with Crippen LogP contribution >= 0.6 is 0 Å². The number of anilines is 2. The summed E-state index contributed by atoms with van der Waals surface area (Å²) in [5, 5.41) is 3.15. The lowest BCUT2D eigenvalue weighted by molar-refractivity contribution is 0.000641. The zero-order valence-electron chi connectivity index (χ0n) is 9.45. The summed E-state index contributed by atoms with van der Waals surface area (Å²) in [7, 11) is 0. The molecule has 0 radical (unpaired) electrons. The monoisotopic (exact) mass is 210 g/mol. The van der Waals surface area contributed by atoms with Crippen molar-refractivity contribution in [3.8, 4) is 0 Å². The molecule has 1 heterocycles. The molecular formula is C10H18N4O. The number of hydrogen-bond acceptors (Lipinski definition) is 5. The van der Waals surface area contributed by atoms with E-state index in [-0.39, 0.29) is 5.60 Å². The predicted molar refractivity (Wildman–Crippen MR) is 60.6 cm³/mol. The van der Waals surface area contributed by atoms with Crippen LogP contribution in [0.1, 0.15) is 20.8 Å². The second-order valence-electron chi connectivity index (χ2n) is 3.87. The Labute approximate surface area is 90.1 Å². The van der Waals surface area contributed by atoms with Gasteiger partial charge < -0.3 is 15.8 Å². The van der Waals surface area contributed by atoms with E-state index in [9.17, 15) is 0 Å². The van der Waals surface area contributed by atoms with Gasteiger partial charge in [-0.05, 0) is 20.8 Å². The van der Waals surface area contributed by atoms with Gasteiger partial charge in [-0.25, -0.2) is 9.97 Å². The average molecular weight is 210 g/mol. The van der Waals surface area contributed by atoms with Crippen molar-refractivity contribution in [3.63, 3.8) is 0 Å². The van der Waals surface area contributed by atoms with Crippen molar-refractivity contribution in [3.05, 3.63) is 12.4 Å². The first kappa shape index (κ1) is 11.7. The highest BCUT2D eigenvalue weighted by molar-refractivity contribution is 5.43. The number of aromatic nitrogens is 2. The number of nitrogens with zero attached hydrogens (tertiary/aromatic N) is 2. The summed E-state index contributed by atoms with van der Waals surface area (Å²) in [4.78, 5) is 7.86. The Bertz CT molecular complexity index is 314. The zero-order chi connectivity index (χ0) is 11.3. The Balaban J connectivity index is 2.49. The molecule has 3 N–H and O–H groups in total. The number of nitrogen functional groups attached to an aromatic ring is 1. The lowest BCUT2D eigenvalue weighted by Crippen LogP contribution is -2.33. The van der Waals surface area contributed by atoms with E-state index in [1.165, 1.54) is 6.33 Å². The first-order chi connectivity index (χ1) is 7.03.